The molecular weight excluding hydrogens is 325 g/mol. The molecule has 2 heterocycles. The number of aromatic nitrogens is 2. The highest BCUT2D eigenvalue weighted by atomic mass is 35.5. The molecule has 0 fully saturated rings. The summed E-state index contributed by atoms with van der Waals surface area (Å²) in [5, 5.41) is 0. The highest BCUT2D eigenvalue weighted by Gasteiger charge is 2.17. The highest BCUT2D eigenvalue weighted by molar-refractivity contribution is 5.85. The lowest BCUT2D eigenvalue weighted by Crippen LogP contribution is -2.15. The maximum atomic E-state index is 5.70. The van der Waals surface area contributed by atoms with E-state index in [0.717, 1.165) is 54.2 Å². The van der Waals surface area contributed by atoms with Crippen molar-refractivity contribution in [3.8, 4) is 11.5 Å². The Balaban J connectivity index is 0.00000121. The van der Waals surface area contributed by atoms with E-state index in [-0.39, 0.29) is 24.8 Å². The molecule has 7 heteroatoms. The second-order valence-corrected chi connectivity index (χ2v) is 5.06. The van der Waals surface area contributed by atoms with Crippen molar-refractivity contribution >= 4 is 35.8 Å². The number of hydrogen-bond donors (Lipinski definition) is 1. The normalized spacial score (nSPS) is 12.6. The average Bonchev–Trinajstić information content (AvgIpc) is 2.79. The lowest BCUT2D eigenvalue weighted by atomic mass is 10.2. The smallest absolute Gasteiger partial charge is 0.163 e. The molecule has 1 aromatic heterocycles. The molecule has 0 unspecified atom stereocenters. The van der Waals surface area contributed by atoms with Gasteiger partial charge < -0.3 is 19.8 Å². The predicted molar refractivity (Wildman–Crippen MR) is 92.9 cm³/mol. The summed E-state index contributed by atoms with van der Waals surface area (Å²) < 4.78 is 13.6. The van der Waals surface area contributed by atoms with Gasteiger partial charge in [0.25, 0.3) is 0 Å². The fraction of sp³-hybridized carbons (Fsp3) is 0.533. The third-order valence-corrected chi connectivity index (χ3v) is 3.59. The number of hydrogen-bond acceptors (Lipinski definition) is 4. The van der Waals surface area contributed by atoms with E-state index in [2.05, 4.69) is 11.5 Å². The molecule has 0 spiro atoms. The number of fused-ring (bicyclic) bond motifs is 2. The largest absolute Gasteiger partial charge is 0.486 e. The Morgan fingerprint density at radius 1 is 1.18 bits per heavy atom. The molecule has 0 radical (unpaired) electrons. The molecule has 1 aromatic carbocycles. The number of nitrogens with two attached hydrogens (primary N) is 1. The molecule has 0 saturated carbocycles. The number of ether oxygens (including phenoxy) is 2. The van der Waals surface area contributed by atoms with Gasteiger partial charge in [0.05, 0.1) is 11.0 Å². The van der Waals surface area contributed by atoms with E-state index in [9.17, 15) is 0 Å². The van der Waals surface area contributed by atoms with Gasteiger partial charge in [0.2, 0.25) is 0 Å². The number of unbranched alkanes of at least 4 members (excludes halogenated alkanes) is 1. The van der Waals surface area contributed by atoms with Crippen LogP contribution in [0.5, 0.6) is 11.5 Å². The van der Waals surface area contributed by atoms with Crippen molar-refractivity contribution in [1.29, 1.82) is 0 Å². The van der Waals surface area contributed by atoms with Gasteiger partial charge in [0, 0.05) is 25.1 Å². The van der Waals surface area contributed by atoms with Crippen LogP contribution in [-0.2, 0) is 13.0 Å². The van der Waals surface area contributed by atoms with Crippen LogP contribution in [0, 0.1) is 0 Å². The van der Waals surface area contributed by atoms with Crippen LogP contribution in [0.3, 0.4) is 0 Å². The van der Waals surface area contributed by atoms with Gasteiger partial charge in [0.1, 0.15) is 19.0 Å². The van der Waals surface area contributed by atoms with Crippen LogP contribution in [0.2, 0.25) is 0 Å². The Morgan fingerprint density at radius 3 is 2.50 bits per heavy atom. The van der Waals surface area contributed by atoms with Gasteiger partial charge >= 0.3 is 0 Å². The SMILES string of the molecule is CCCCn1c(CCN)nc2cc3c(cc21)OCCO3.Cl.Cl. The van der Waals surface area contributed by atoms with Crippen LogP contribution in [0.25, 0.3) is 11.0 Å². The molecule has 5 nitrogen and oxygen atoms in total. The standard InChI is InChI=1S/C15H21N3O2.2ClH/c1-2-3-6-18-12-10-14-13(19-7-8-20-14)9-11(12)17-15(18)4-5-16;;/h9-10H,2-8,16H2,1H3;2*1H. The summed E-state index contributed by atoms with van der Waals surface area (Å²) in [6.07, 6.45) is 3.09. The van der Waals surface area contributed by atoms with E-state index in [1.54, 1.807) is 0 Å². The first-order valence-electron chi connectivity index (χ1n) is 7.32. The van der Waals surface area contributed by atoms with Crippen molar-refractivity contribution in [3.05, 3.63) is 18.0 Å². The Kier molecular flexibility index (Phi) is 7.26. The van der Waals surface area contributed by atoms with Crippen LogP contribution in [0.1, 0.15) is 25.6 Å². The topological polar surface area (TPSA) is 62.3 Å². The number of halogens is 2. The molecule has 2 aromatic rings. The summed E-state index contributed by atoms with van der Waals surface area (Å²) in [5.41, 5.74) is 7.78. The monoisotopic (exact) mass is 347 g/mol. The Bertz CT molecular complexity index is 616. The molecular formula is C15H23Cl2N3O2. The Labute approximate surface area is 143 Å². The molecule has 0 atom stereocenters. The molecule has 0 amide bonds. The Morgan fingerprint density at radius 2 is 1.86 bits per heavy atom. The number of imidazole rings is 1. The zero-order valence-corrected chi connectivity index (χ0v) is 14.3. The minimum atomic E-state index is 0. The maximum Gasteiger partial charge on any atom is 0.163 e. The van der Waals surface area contributed by atoms with Crippen molar-refractivity contribution in [2.75, 3.05) is 19.8 Å². The third-order valence-electron chi connectivity index (χ3n) is 3.59. The third kappa shape index (κ3) is 3.59. The van der Waals surface area contributed by atoms with Crippen LogP contribution in [-0.4, -0.2) is 29.3 Å². The van der Waals surface area contributed by atoms with E-state index in [1.807, 2.05) is 12.1 Å². The van der Waals surface area contributed by atoms with E-state index < -0.39 is 0 Å². The average molecular weight is 348 g/mol. The molecule has 2 N–H and O–H groups in total. The fourth-order valence-electron chi connectivity index (χ4n) is 2.60. The van der Waals surface area contributed by atoms with Crippen molar-refractivity contribution in [2.45, 2.75) is 32.7 Å². The highest BCUT2D eigenvalue weighted by Crippen LogP contribution is 2.34. The van der Waals surface area contributed by atoms with Gasteiger partial charge in [0.15, 0.2) is 11.5 Å². The minimum absolute atomic E-state index is 0. The van der Waals surface area contributed by atoms with Crippen molar-refractivity contribution in [3.63, 3.8) is 0 Å². The summed E-state index contributed by atoms with van der Waals surface area (Å²) in [5.74, 6) is 2.67. The van der Waals surface area contributed by atoms with E-state index in [1.165, 1.54) is 0 Å². The molecule has 124 valence electrons. The lowest BCUT2D eigenvalue weighted by molar-refractivity contribution is 0.172. The fourth-order valence-corrected chi connectivity index (χ4v) is 2.60. The molecule has 3 rings (SSSR count). The molecule has 22 heavy (non-hydrogen) atoms. The first-order chi connectivity index (χ1) is 9.83. The zero-order chi connectivity index (χ0) is 13.9. The zero-order valence-electron chi connectivity index (χ0n) is 12.7. The molecule has 1 aliphatic heterocycles. The van der Waals surface area contributed by atoms with Gasteiger partial charge in [-0.1, -0.05) is 13.3 Å². The van der Waals surface area contributed by atoms with Crippen LogP contribution in [0.15, 0.2) is 12.1 Å². The second kappa shape index (κ2) is 8.46. The molecule has 0 aliphatic carbocycles. The summed E-state index contributed by atoms with van der Waals surface area (Å²) in [4.78, 5) is 4.71. The van der Waals surface area contributed by atoms with Crippen LogP contribution < -0.4 is 15.2 Å². The van der Waals surface area contributed by atoms with E-state index in [0.29, 0.717) is 19.8 Å². The second-order valence-electron chi connectivity index (χ2n) is 5.06. The summed E-state index contributed by atoms with van der Waals surface area (Å²) in [6, 6.07) is 4.03. The lowest BCUT2D eigenvalue weighted by Gasteiger charge is -2.18. The van der Waals surface area contributed by atoms with E-state index >= 15 is 0 Å². The summed E-state index contributed by atoms with van der Waals surface area (Å²) in [6.45, 7) is 4.99. The van der Waals surface area contributed by atoms with Crippen LogP contribution in [0.4, 0.5) is 0 Å². The number of aryl methyl sites for hydroxylation is 1. The van der Waals surface area contributed by atoms with Crippen molar-refractivity contribution in [2.24, 2.45) is 5.73 Å². The maximum absolute atomic E-state index is 5.70. The molecule has 0 bridgehead atoms. The van der Waals surface area contributed by atoms with Gasteiger partial charge in [-0.2, -0.15) is 0 Å². The first-order valence-corrected chi connectivity index (χ1v) is 7.32. The van der Waals surface area contributed by atoms with E-state index in [4.69, 9.17) is 20.2 Å². The number of rotatable bonds is 5. The van der Waals surface area contributed by atoms with Crippen LogP contribution >= 0.6 is 24.8 Å². The van der Waals surface area contributed by atoms with Crippen molar-refractivity contribution in [1.82, 2.24) is 9.55 Å². The number of benzene rings is 1. The number of nitrogens with zero attached hydrogens (tertiary/aromatic N) is 2. The predicted octanol–water partition coefficient (Wildman–Crippen LogP) is 2.95. The minimum Gasteiger partial charge on any atom is -0.486 e. The van der Waals surface area contributed by atoms with Gasteiger partial charge in [-0.15, -0.1) is 24.8 Å². The summed E-state index contributed by atoms with van der Waals surface area (Å²) >= 11 is 0. The first kappa shape index (κ1) is 18.9. The van der Waals surface area contributed by atoms with Crippen molar-refractivity contribution < 1.29 is 9.47 Å². The quantitative estimate of drug-likeness (QED) is 0.902. The molecule has 1 aliphatic rings. The van der Waals surface area contributed by atoms with Gasteiger partial charge in [-0.3, -0.25) is 0 Å². The Hall–Kier alpha value is -1.17. The van der Waals surface area contributed by atoms with Gasteiger partial charge in [-0.05, 0) is 13.0 Å². The summed E-state index contributed by atoms with van der Waals surface area (Å²) in [7, 11) is 0. The van der Waals surface area contributed by atoms with Gasteiger partial charge in [-0.25, -0.2) is 4.98 Å². The molecule has 0 saturated heterocycles.